The molecule has 3 aromatic rings. The van der Waals surface area contributed by atoms with E-state index < -0.39 is 5.97 Å². The Hall–Kier alpha value is -3.86. The van der Waals surface area contributed by atoms with Crippen LogP contribution in [0.5, 0.6) is 0 Å². The number of benzene rings is 3. The lowest BCUT2D eigenvalue weighted by molar-refractivity contribution is -0.131. The van der Waals surface area contributed by atoms with Gasteiger partial charge in [-0.1, -0.05) is 73.9 Å². The monoisotopic (exact) mass is 482 g/mol. The van der Waals surface area contributed by atoms with E-state index in [1.54, 1.807) is 6.08 Å². The van der Waals surface area contributed by atoms with Crippen molar-refractivity contribution in [2.45, 2.75) is 45.2 Å². The van der Waals surface area contributed by atoms with Crippen LogP contribution in [-0.2, 0) is 22.7 Å². The number of amides is 1. The Balaban J connectivity index is 1.54. The molecule has 5 heteroatoms. The minimum absolute atomic E-state index is 0.0354. The average Bonchev–Trinajstić information content (AvgIpc) is 2.91. The third-order valence-corrected chi connectivity index (χ3v) is 6.80. The van der Waals surface area contributed by atoms with Crippen molar-refractivity contribution >= 4 is 29.3 Å². The van der Waals surface area contributed by atoms with Crippen LogP contribution >= 0.6 is 0 Å². The van der Waals surface area contributed by atoms with Crippen LogP contribution in [0.15, 0.2) is 84.9 Å². The van der Waals surface area contributed by atoms with Crippen molar-refractivity contribution in [3.05, 3.63) is 102 Å². The zero-order valence-corrected chi connectivity index (χ0v) is 20.8. The first-order valence-electron chi connectivity index (χ1n) is 12.7. The Labute approximate surface area is 213 Å². The Bertz CT molecular complexity index is 1180. The first-order valence-corrected chi connectivity index (χ1v) is 12.7. The topological polar surface area (TPSA) is 60.9 Å². The third kappa shape index (κ3) is 6.85. The van der Waals surface area contributed by atoms with Gasteiger partial charge in [0, 0.05) is 37.0 Å². The van der Waals surface area contributed by atoms with Crippen molar-refractivity contribution in [2.24, 2.45) is 5.92 Å². The first-order chi connectivity index (χ1) is 17.5. The van der Waals surface area contributed by atoms with Crippen LogP contribution in [0, 0.1) is 5.92 Å². The smallest absolute Gasteiger partial charge is 0.328 e. The first kappa shape index (κ1) is 25.2. The molecule has 1 aliphatic carbocycles. The number of carboxylic acids is 1. The highest BCUT2D eigenvalue weighted by molar-refractivity contribution is 5.95. The predicted molar refractivity (Wildman–Crippen MR) is 146 cm³/mol. The zero-order chi connectivity index (χ0) is 25.3. The number of anilines is 2. The fourth-order valence-electron chi connectivity index (χ4n) is 4.82. The SMILES string of the molecule is CN(Cc1ccccc1)c1ccc(CN(C(=O)C2CCCCC2)c2cccc(C=CC(=O)O)c2)cc1. The lowest BCUT2D eigenvalue weighted by Crippen LogP contribution is -2.36. The van der Waals surface area contributed by atoms with Gasteiger partial charge in [-0.25, -0.2) is 4.79 Å². The maximum absolute atomic E-state index is 13.7. The van der Waals surface area contributed by atoms with Crippen molar-refractivity contribution in [2.75, 3.05) is 16.8 Å². The van der Waals surface area contributed by atoms with Gasteiger partial charge in [-0.2, -0.15) is 0 Å². The Morgan fingerprint density at radius 3 is 2.22 bits per heavy atom. The van der Waals surface area contributed by atoms with Gasteiger partial charge in [0.25, 0.3) is 0 Å². The number of rotatable bonds is 9. The van der Waals surface area contributed by atoms with E-state index in [-0.39, 0.29) is 11.8 Å². The molecule has 1 amide bonds. The standard InChI is InChI=1S/C31H34N2O3/c1-32(22-25-9-4-2-5-10-25)28-18-15-26(16-19-28)23-33(31(36)27-12-6-3-7-13-27)29-14-8-11-24(21-29)17-20-30(34)35/h2,4-5,8-11,14-21,27H,3,6-7,12-13,22-23H2,1H3,(H,34,35). The summed E-state index contributed by atoms with van der Waals surface area (Å²) in [6, 6.07) is 26.3. The van der Waals surface area contributed by atoms with Crippen molar-refractivity contribution in [3.63, 3.8) is 0 Å². The molecule has 1 saturated carbocycles. The van der Waals surface area contributed by atoms with E-state index in [1.807, 2.05) is 35.2 Å². The van der Waals surface area contributed by atoms with Crippen LogP contribution in [0.2, 0.25) is 0 Å². The van der Waals surface area contributed by atoms with E-state index in [2.05, 4.69) is 60.5 Å². The second-order valence-electron chi connectivity index (χ2n) is 9.53. The fourth-order valence-corrected chi connectivity index (χ4v) is 4.82. The zero-order valence-electron chi connectivity index (χ0n) is 20.8. The number of hydrogen-bond acceptors (Lipinski definition) is 3. The Kier molecular flexibility index (Phi) is 8.56. The van der Waals surface area contributed by atoms with Crippen molar-refractivity contribution < 1.29 is 14.7 Å². The predicted octanol–water partition coefficient (Wildman–Crippen LogP) is 6.53. The molecule has 0 atom stereocenters. The number of nitrogens with zero attached hydrogens (tertiary/aromatic N) is 2. The molecule has 0 unspecified atom stereocenters. The van der Waals surface area contributed by atoms with E-state index in [9.17, 15) is 9.59 Å². The van der Waals surface area contributed by atoms with Crippen LogP contribution < -0.4 is 9.80 Å². The maximum Gasteiger partial charge on any atom is 0.328 e. The van der Waals surface area contributed by atoms with Crippen LogP contribution in [0.1, 0.15) is 48.8 Å². The van der Waals surface area contributed by atoms with Gasteiger partial charge < -0.3 is 14.9 Å². The van der Waals surface area contributed by atoms with E-state index in [4.69, 9.17) is 5.11 Å². The molecule has 0 saturated heterocycles. The summed E-state index contributed by atoms with van der Waals surface area (Å²) in [6.07, 6.45) is 7.91. The molecule has 0 aliphatic heterocycles. The van der Waals surface area contributed by atoms with Gasteiger partial charge in [-0.3, -0.25) is 4.79 Å². The van der Waals surface area contributed by atoms with Gasteiger partial charge in [-0.15, -0.1) is 0 Å². The summed E-state index contributed by atoms with van der Waals surface area (Å²) in [4.78, 5) is 28.7. The van der Waals surface area contributed by atoms with Crippen LogP contribution in [0.3, 0.4) is 0 Å². The van der Waals surface area contributed by atoms with Crippen molar-refractivity contribution in [1.29, 1.82) is 0 Å². The molecule has 1 aliphatic rings. The second-order valence-corrected chi connectivity index (χ2v) is 9.53. The number of carboxylic acid groups (broad SMARTS) is 1. The summed E-state index contributed by atoms with van der Waals surface area (Å²) in [7, 11) is 2.08. The lowest BCUT2D eigenvalue weighted by atomic mass is 9.88. The van der Waals surface area contributed by atoms with Gasteiger partial charge in [-0.05, 0) is 59.9 Å². The number of hydrogen-bond donors (Lipinski definition) is 1. The molecule has 186 valence electrons. The quantitative estimate of drug-likeness (QED) is 0.352. The summed E-state index contributed by atoms with van der Waals surface area (Å²) in [6.45, 7) is 1.30. The minimum atomic E-state index is -0.993. The Morgan fingerprint density at radius 2 is 1.53 bits per heavy atom. The molecule has 1 fully saturated rings. The van der Waals surface area contributed by atoms with Crippen molar-refractivity contribution in [1.82, 2.24) is 0 Å². The molecular formula is C31H34N2O3. The molecule has 5 nitrogen and oxygen atoms in total. The van der Waals surface area contributed by atoms with Gasteiger partial charge in [0.15, 0.2) is 0 Å². The lowest BCUT2D eigenvalue weighted by Gasteiger charge is -2.30. The van der Waals surface area contributed by atoms with E-state index in [0.717, 1.165) is 60.8 Å². The normalized spacial score (nSPS) is 14.0. The number of carbonyl (C=O) groups is 2. The average molecular weight is 483 g/mol. The van der Waals surface area contributed by atoms with Crippen molar-refractivity contribution in [3.8, 4) is 0 Å². The molecule has 36 heavy (non-hydrogen) atoms. The molecule has 0 bridgehead atoms. The molecule has 3 aromatic carbocycles. The van der Waals surface area contributed by atoms with Gasteiger partial charge in [0.1, 0.15) is 0 Å². The maximum atomic E-state index is 13.7. The molecule has 0 heterocycles. The highest BCUT2D eigenvalue weighted by Gasteiger charge is 2.27. The molecule has 0 spiro atoms. The Morgan fingerprint density at radius 1 is 0.833 bits per heavy atom. The summed E-state index contributed by atoms with van der Waals surface area (Å²) in [5.41, 5.74) is 4.99. The van der Waals surface area contributed by atoms with Crippen LogP contribution in [-0.4, -0.2) is 24.0 Å². The van der Waals surface area contributed by atoms with Crippen LogP contribution in [0.25, 0.3) is 6.08 Å². The number of aliphatic carboxylic acids is 1. The summed E-state index contributed by atoms with van der Waals surface area (Å²) in [5.74, 6) is -0.805. The number of carbonyl (C=O) groups excluding carboxylic acids is 1. The summed E-state index contributed by atoms with van der Waals surface area (Å²) < 4.78 is 0. The third-order valence-electron chi connectivity index (χ3n) is 6.80. The van der Waals surface area contributed by atoms with E-state index in [0.29, 0.717) is 6.54 Å². The second kappa shape index (κ2) is 12.2. The highest BCUT2D eigenvalue weighted by Crippen LogP contribution is 2.29. The van der Waals surface area contributed by atoms with E-state index in [1.165, 1.54) is 12.0 Å². The molecule has 0 aromatic heterocycles. The molecule has 0 radical (unpaired) electrons. The molecule has 1 N–H and O–H groups in total. The van der Waals surface area contributed by atoms with Gasteiger partial charge in [0.05, 0.1) is 6.54 Å². The highest BCUT2D eigenvalue weighted by atomic mass is 16.4. The summed E-state index contributed by atoms with van der Waals surface area (Å²) >= 11 is 0. The summed E-state index contributed by atoms with van der Waals surface area (Å²) in [5, 5.41) is 9.00. The van der Waals surface area contributed by atoms with Crippen LogP contribution in [0.4, 0.5) is 11.4 Å². The van der Waals surface area contributed by atoms with Gasteiger partial charge in [0.2, 0.25) is 5.91 Å². The van der Waals surface area contributed by atoms with Gasteiger partial charge >= 0.3 is 5.97 Å². The minimum Gasteiger partial charge on any atom is -0.478 e. The molecular weight excluding hydrogens is 448 g/mol. The van der Waals surface area contributed by atoms with E-state index >= 15 is 0 Å². The molecule has 4 rings (SSSR count). The largest absolute Gasteiger partial charge is 0.478 e. The fraction of sp³-hybridized carbons (Fsp3) is 0.290.